The third kappa shape index (κ3) is 3.18. The van der Waals surface area contributed by atoms with E-state index in [4.69, 9.17) is 4.74 Å². The number of carbonyl (C=O) groups is 2. The molecule has 5 heteroatoms. The Kier molecular flexibility index (Phi) is 4.28. The van der Waals surface area contributed by atoms with E-state index in [1.807, 2.05) is 43.3 Å². The number of para-hydroxylation sites is 2. The number of nitrogens with one attached hydrogen (secondary N) is 1. The minimum absolute atomic E-state index is 0.0496. The number of benzene rings is 2. The highest BCUT2D eigenvalue weighted by molar-refractivity contribution is 5.97. The number of hydrogen-bond donors (Lipinski definition) is 1. The van der Waals surface area contributed by atoms with Crippen LogP contribution in [0.3, 0.4) is 0 Å². The standard InChI is InChI=1S/C18H18N2O3/c1-2-19-18(22)14-9-7-13(8-10-14)11-20-15-5-3-4-6-16(15)23-12-17(20)21/h3-10H,2,11-12H2,1H3,(H,19,22). The Morgan fingerprint density at radius 3 is 2.65 bits per heavy atom. The average molecular weight is 310 g/mol. The van der Waals surface area contributed by atoms with Crippen LogP contribution in [0.4, 0.5) is 5.69 Å². The van der Waals surface area contributed by atoms with Crippen molar-refractivity contribution in [3.8, 4) is 5.75 Å². The molecule has 0 spiro atoms. The van der Waals surface area contributed by atoms with Crippen molar-refractivity contribution in [3.63, 3.8) is 0 Å². The van der Waals surface area contributed by atoms with Gasteiger partial charge in [-0.25, -0.2) is 0 Å². The molecule has 2 aromatic rings. The molecule has 0 aliphatic carbocycles. The molecule has 2 aromatic carbocycles. The average Bonchev–Trinajstić information content (AvgIpc) is 2.58. The van der Waals surface area contributed by atoms with E-state index in [-0.39, 0.29) is 18.4 Å². The lowest BCUT2D eigenvalue weighted by Gasteiger charge is -2.29. The number of amides is 2. The van der Waals surface area contributed by atoms with E-state index in [2.05, 4.69) is 5.32 Å². The molecule has 0 fully saturated rings. The molecule has 118 valence electrons. The fourth-order valence-electron chi connectivity index (χ4n) is 2.53. The zero-order valence-corrected chi connectivity index (χ0v) is 12.9. The number of anilines is 1. The van der Waals surface area contributed by atoms with Gasteiger partial charge in [0.25, 0.3) is 11.8 Å². The SMILES string of the molecule is CCNC(=O)c1ccc(CN2C(=O)COc3ccccc32)cc1. The summed E-state index contributed by atoms with van der Waals surface area (Å²) in [7, 11) is 0. The summed E-state index contributed by atoms with van der Waals surface area (Å²) >= 11 is 0. The van der Waals surface area contributed by atoms with Gasteiger partial charge in [-0.1, -0.05) is 24.3 Å². The van der Waals surface area contributed by atoms with E-state index in [0.717, 1.165) is 11.3 Å². The number of rotatable bonds is 4. The van der Waals surface area contributed by atoms with E-state index < -0.39 is 0 Å². The molecule has 0 atom stereocenters. The maximum atomic E-state index is 12.2. The summed E-state index contributed by atoms with van der Waals surface area (Å²) in [5.41, 5.74) is 2.35. The van der Waals surface area contributed by atoms with Crippen LogP contribution in [-0.2, 0) is 11.3 Å². The van der Waals surface area contributed by atoms with Crippen molar-refractivity contribution in [1.82, 2.24) is 5.32 Å². The van der Waals surface area contributed by atoms with Gasteiger partial charge < -0.3 is 15.0 Å². The molecule has 2 amide bonds. The molecule has 0 saturated carbocycles. The van der Waals surface area contributed by atoms with Gasteiger partial charge in [0, 0.05) is 12.1 Å². The summed E-state index contributed by atoms with van der Waals surface area (Å²) in [6.07, 6.45) is 0. The van der Waals surface area contributed by atoms with Crippen molar-refractivity contribution in [2.75, 3.05) is 18.1 Å². The highest BCUT2D eigenvalue weighted by atomic mass is 16.5. The van der Waals surface area contributed by atoms with Crippen molar-refractivity contribution in [2.24, 2.45) is 0 Å². The van der Waals surface area contributed by atoms with Crippen LogP contribution < -0.4 is 15.0 Å². The minimum atomic E-state index is -0.0909. The Morgan fingerprint density at radius 2 is 1.91 bits per heavy atom. The zero-order valence-electron chi connectivity index (χ0n) is 12.9. The molecule has 0 radical (unpaired) electrons. The van der Waals surface area contributed by atoms with Gasteiger partial charge in [0.1, 0.15) is 5.75 Å². The molecule has 23 heavy (non-hydrogen) atoms. The Bertz CT molecular complexity index is 725. The van der Waals surface area contributed by atoms with Crippen LogP contribution in [0.25, 0.3) is 0 Å². The van der Waals surface area contributed by atoms with Crippen LogP contribution in [0, 0.1) is 0 Å². The normalized spacial score (nSPS) is 13.3. The largest absolute Gasteiger partial charge is 0.482 e. The molecule has 5 nitrogen and oxygen atoms in total. The van der Waals surface area contributed by atoms with Crippen LogP contribution in [0.15, 0.2) is 48.5 Å². The molecule has 0 aromatic heterocycles. The van der Waals surface area contributed by atoms with Crippen LogP contribution >= 0.6 is 0 Å². The van der Waals surface area contributed by atoms with Crippen molar-refractivity contribution in [2.45, 2.75) is 13.5 Å². The summed E-state index contributed by atoms with van der Waals surface area (Å²) < 4.78 is 5.44. The smallest absolute Gasteiger partial charge is 0.265 e. The van der Waals surface area contributed by atoms with E-state index >= 15 is 0 Å². The molecule has 1 aliphatic rings. The number of ether oxygens (including phenoxy) is 1. The molecule has 3 rings (SSSR count). The highest BCUT2D eigenvalue weighted by Crippen LogP contribution is 2.32. The Morgan fingerprint density at radius 1 is 1.17 bits per heavy atom. The Hall–Kier alpha value is -2.82. The van der Waals surface area contributed by atoms with Gasteiger partial charge >= 0.3 is 0 Å². The monoisotopic (exact) mass is 310 g/mol. The first-order valence-corrected chi connectivity index (χ1v) is 7.58. The first kappa shape index (κ1) is 15.1. The Labute approximate surface area is 134 Å². The van der Waals surface area contributed by atoms with Gasteiger partial charge in [-0.3, -0.25) is 9.59 Å². The number of nitrogens with zero attached hydrogens (tertiary/aromatic N) is 1. The molecule has 0 bridgehead atoms. The van der Waals surface area contributed by atoms with Crippen LogP contribution in [0.1, 0.15) is 22.8 Å². The predicted molar refractivity (Wildman–Crippen MR) is 87.6 cm³/mol. The summed E-state index contributed by atoms with van der Waals surface area (Å²) in [6, 6.07) is 14.8. The van der Waals surface area contributed by atoms with Crippen LogP contribution in [-0.4, -0.2) is 25.0 Å². The predicted octanol–water partition coefficient (Wildman–Crippen LogP) is 2.36. The summed E-state index contributed by atoms with van der Waals surface area (Å²) in [5.74, 6) is 0.550. The second-order valence-corrected chi connectivity index (χ2v) is 5.29. The van der Waals surface area contributed by atoms with Crippen molar-refractivity contribution in [1.29, 1.82) is 0 Å². The number of carbonyl (C=O) groups excluding carboxylic acids is 2. The molecule has 0 saturated heterocycles. The summed E-state index contributed by atoms with van der Waals surface area (Å²) in [4.78, 5) is 25.6. The lowest BCUT2D eigenvalue weighted by atomic mass is 10.1. The Balaban J connectivity index is 1.79. The molecule has 1 aliphatic heterocycles. The minimum Gasteiger partial charge on any atom is -0.482 e. The zero-order chi connectivity index (χ0) is 16.2. The van der Waals surface area contributed by atoms with Gasteiger partial charge in [0.05, 0.1) is 12.2 Å². The maximum absolute atomic E-state index is 12.2. The lowest BCUT2D eigenvalue weighted by molar-refractivity contribution is -0.121. The number of hydrogen-bond acceptors (Lipinski definition) is 3. The highest BCUT2D eigenvalue weighted by Gasteiger charge is 2.25. The van der Waals surface area contributed by atoms with Gasteiger partial charge in [-0.2, -0.15) is 0 Å². The van der Waals surface area contributed by atoms with E-state index in [1.165, 1.54) is 0 Å². The first-order chi connectivity index (χ1) is 11.2. The van der Waals surface area contributed by atoms with Gasteiger partial charge in [0.15, 0.2) is 6.61 Å². The van der Waals surface area contributed by atoms with Gasteiger partial charge in [-0.05, 0) is 36.8 Å². The van der Waals surface area contributed by atoms with Crippen molar-refractivity contribution < 1.29 is 14.3 Å². The summed E-state index contributed by atoms with van der Waals surface area (Å²) in [5, 5.41) is 2.76. The van der Waals surface area contributed by atoms with E-state index in [9.17, 15) is 9.59 Å². The van der Waals surface area contributed by atoms with Gasteiger partial charge in [0.2, 0.25) is 0 Å². The van der Waals surface area contributed by atoms with Crippen LogP contribution in [0.2, 0.25) is 0 Å². The quantitative estimate of drug-likeness (QED) is 0.943. The fourth-order valence-corrected chi connectivity index (χ4v) is 2.53. The number of fused-ring (bicyclic) bond motifs is 1. The van der Waals surface area contributed by atoms with E-state index in [0.29, 0.717) is 24.4 Å². The summed E-state index contributed by atoms with van der Waals surface area (Å²) in [6.45, 7) is 2.98. The van der Waals surface area contributed by atoms with Crippen molar-refractivity contribution >= 4 is 17.5 Å². The third-order valence-electron chi connectivity index (χ3n) is 3.70. The molecular weight excluding hydrogens is 292 g/mol. The van der Waals surface area contributed by atoms with E-state index in [1.54, 1.807) is 17.0 Å². The molecular formula is C18H18N2O3. The third-order valence-corrected chi connectivity index (χ3v) is 3.70. The second kappa shape index (κ2) is 6.52. The maximum Gasteiger partial charge on any atom is 0.265 e. The molecule has 0 unspecified atom stereocenters. The first-order valence-electron chi connectivity index (χ1n) is 7.58. The van der Waals surface area contributed by atoms with Crippen LogP contribution in [0.5, 0.6) is 5.75 Å². The molecule has 1 N–H and O–H groups in total. The second-order valence-electron chi connectivity index (χ2n) is 5.29. The van der Waals surface area contributed by atoms with Crippen molar-refractivity contribution in [3.05, 3.63) is 59.7 Å². The topological polar surface area (TPSA) is 58.6 Å². The molecule has 1 heterocycles. The fraction of sp³-hybridized carbons (Fsp3) is 0.222. The van der Waals surface area contributed by atoms with Gasteiger partial charge in [-0.15, -0.1) is 0 Å². The lowest BCUT2D eigenvalue weighted by Crippen LogP contribution is -2.38.